The molecule has 29 heavy (non-hydrogen) atoms. The summed E-state index contributed by atoms with van der Waals surface area (Å²) in [7, 11) is 0. The van der Waals surface area contributed by atoms with E-state index >= 15 is 0 Å². The van der Waals surface area contributed by atoms with Crippen LogP contribution >= 0.6 is 11.3 Å². The van der Waals surface area contributed by atoms with Crippen LogP contribution in [0.25, 0.3) is 16.1 Å². The molecule has 0 unspecified atom stereocenters. The van der Waals surface area contributed by atoms with E-state index in [0.717, 1.165) is 38.8 Å². The Kier molecular flexibility index (Phi) is 4.96. The summed E-state index contributed by atoms with van der Waals surface area (Å²) in [6.07, 6.45) is 1.71. The molecule has 0 fully saturated rings. The molecule has 4 nitrogen and oxygen atoms in total. The predicted molar refractivity (Wildman–Crippen MR) is 105 cm³/mol. The van der Waals surface area contributed by atoms with Crippen LogP contribution in [-0.2, 0) is 23.8 Å². The van der Waals surface area contributed by atoms with E-state index in [9.17, 15) is 18.0 Å². The van der Waals surface area contributed by atoms with Gasteiger partial charge in [0.15, 0.2) is 0 Å². The summed E-state index contributed by atoms with van der Waals surface area (Å²) >= 11 is 1.57. The first-order valence-corrected chi connectivity index (χ1v) is 9.69. The number of aryl methyl sites for hydroxylation is 1. The molecular weight excluding hydrogens is 399 g/mol. The third-order valence-corrected chi connectivity index (χ3v) is 5.55. The summed E-state index contributed by atoms with van der Waals surface area (Å²) in [5, 5.41) is 3.82. The highest BCUT2D eigenvalue weighted by molar-refractivity contribution is 7.15. The van der Waals surface area contributed by atoms with Crippen LogP contribution in [0.2, 0.25) is 0 Å². The van der Waals surface area contributed by atoms with Gasteiger partial charge in [0, 0.05) is 35.6 Å². The van der Waals surface area contributed by atoms with E-state index in [1.807, 2.05) is 19.1 Å². The number of alkyl halides is 3. The number of carbonyl (C=O) groups excluding carboxylic acids is 1. The molecule has 0 atom stereocenters. The van der Waals surface area contributed by atoms with Gasteiger partial charge in [0.2, 0.25) is 5.91 Å². The maximum absolute atomic E-state index is 12.7. The molecular formula is C21H16F3N3OS. The molecule has 3 aromatic rings. The standard InChI is InChI=1S/C21H16F3N3OS/c1-12-25-11-19(29-12)14-9-16-17(26-10-14)6-7-18(16)27-20(28)8-13-2-4-15(5-3-13)21(22,23)24/h2-5,7,9-11H,6,8H2,1H3,(H,27,28). The minimum atomic E-state index is -4.39. The van der Waals surface area contributed by atoms with Gasteiger partial charge in [-0.2, -0.15) is 13.2 Å². The van der Waals surface area contributed by atoms with E-state index in [1.54, 1.807) is 23.7 Å². The summed E-state index contributed by atoms with van der Waals surface area (Å²) in [5.74, 6) is -0.289. The summed E-state index contributed by atoms with van der Waals surface area (Å²) in [4.78, 5) is 22.2. The average Bonchev–Trinajstić information content (AvgIpc) is 3.27. The van der Waals surface area contributed by atoms with Crippen molar-refractivity contribution in [2.75, 3.05) is 0 Å². The van der Waals surface area contributed by atoms with Crippen LogP contribution in [0.15, 0.2) is 48.8 Å². The van der Waals surface area contributed by atoms with Crippen LogP contribution in [0.1, 0.15) is 27.4 Å². The number of aromatic nitrogens is 2. The molecule has 4 rings (SSSR count). The van der Waals surface area contributed by atoms with Gasteiger partial charge in [-0.05, 0) is 30.7 Å². The first-order chi connectivity index (χ1) is 13.8. The zero-order chi connectivity index (χ0) is 20.6. The molecule has 0 radical (unpaired) electrons. The SMILES string of the molecule is Cc1ncc(-c2cnc3c(c2)C(NC(=O)Cc2ccc(C(F)(F)F)cc2)=CC3)s1. The molecule has 0 bridgehead atoms. The van der Waals surface area contributed by atoms with E-state index < -0.39 is 11.7 Å². The average molecular weight is 415 g/mol. The lowest BCUT2D eigenvalue weighted by atomic mass is 10.1. The van der Waals surface area contributed by atoms with Crippen LogP contribution in [-0.4, -0.2) is 15.9 Å². The fourth-order valence-electron chi connectivity index (χ4n) is 3.14. The Bertz CT molecular complexity index is 1100. The summed E-state index contributed by atoms with van der Waals surface area (Å²) in [6.45, 7) is 1.93. The molecule has 1 aliphatic rings. The molecule has 0 saturated carbocycles. The fraction of sp³-hybridized carbons (Fsp3) is 0.190. The first kappa shape index (κ1) is 19.3. The largest absolute Gasteiger partial charge is 0.416 e. The molecule has 0 saturated heterocycles. The lowest BCUT2D eigenvalue weighted by molar-refractivity contribution is -0.137. The van der Waals surface area contributed by atoms with Crippen LogP contribution in [0.3, 0.4) is 0 Å². The maximum atomic E-state index is 12.7. The van der Waals surface area contributed by atoms with Crippen LogP contribution in [0, 0.1) is 6.92 Å². The first-order valence-electron chi connectivity index (χ1n) is 8.88. The number of nitrogens with zero attached hydrogens (tertiary/aromatic N) is 2. The number of halogens is 3. The Labute approximate surface area is 169 Å². The number of allylic oxidation sites excluding steroid dienone is 1. The Morgan fingerprint density at radius 1 is 1.17 bits per heavy atom. The molecule has 0 spiro atoms. The van der Waals surface area contributed by atoms with Crippen molar-refractivity contribution in [1.82, 2.24) is 15.3 Å². The number of thiazole rings is 1. The van der Waals surface area contributed by atoms with Crippen LogP contribution in [0.5, 0.6) is 0 Å². The number of rotatable bonds is 4. The Morgan fingerprint density at radius 2 is 1.93 bits per heavy atom. The van der Waals surface area contributed by atoms with Gasteiger partial charge in [-0.25, -0.2) is 4.98 Å². The van der Waals surface area contributed by atoms with Gasteiger partial charge in [0.05, 0.1) is 27.6 Å². The predicted octanol–water partition coefficient (Wildman–Crippen LogP) is 4.79. The zero-order valence-corrected chi connectivity index (χ0v) is 16.2. The van der Waals surface area contributed by atoms with E-state index in [-0.39, 0.29) is 12.3 Å². The van der Waals surface area contributed by atoms with Crippen molar-refractivity contribution in [3.05, 3.63) is 76.2 Å². The normalized spacial score (nSPS) is 13.2. The molecule has 2 heterocycles. The fourth-order valence-corrected chi connectivity index (χ4v) is 3.90. The molecule has 1 amide bonds. The minimum Gasteiger partial charge on any atom is -0.325 e. The number of amides is 1. The summed E-state index contributed by atoms with van der Waals surface area (Å²) in [5.41, 5.74) is 3.12. The van der Waals surface area contributed by atoms with Crippen LogP contribution in [0.4, 0.5) is 13.2 Å². The molecule has 8 heteroatoms. The number of pyridine rings is 1. The number of nitrogens with one attached hydrogen (secondary N) is 1. The smallest absolute Gasteiger partial charge is 0.325 e. The molecule has 1 N–H and O–H groups in total. The van der Waals surface area contributed by atoms with Gasteiger partial charge in [-0.3, -0.25) is 9.78 Å². The number of hydrogen-bond acceptors (Lipinski definition) is 4. The third kappa shape index (κ3) is 4.22. The number of benzene rings is 1. The number of carbonyl (C=O) groups is 1. The zero-order valence-electron chi connectivity index (χ0n) is 15.4. The van der Waals surface area contributed by atoms with E-state index in [4.69, 9.17) is 0 Å². The molecule has 2 aromatic heterocycles. The monoisotopic (exact) mass is 415 g/mol. The lowest BCUT2D eigenvalue weighted by Crippen LogP contribution is -2.23. The van der Waals surface area contributed by atoms with Crippen molar-refractivity contribution >= 4 is 22.9 Å². The van der Waals surface area contributed by atoms with Crippen molar-refractivity contribution in [3.63, 3.8) is 0 Å². The molecule has 1 aromatic carbocycles. The second-order valence-electron chi connectivity index (χ2n) is 6.70. The van der Waals surface area contributed by atoms with Gasteiger partial charge in [-0.15, -0.1) is 11.3 Å². The van der Waals surface area contributed by atoms with Crippen LogP contribution < -0.4 is 5.32 Å². The van der Waals surface area contributed by atoms with E-state index in [2.05, 4.69) is 15.3 Å². The third-order valence-electron chi connectivity index (χ3n) is 4.59. The second-order valence-corrected chi connectivity index (χ2v) is 7.94. The lowest BCUT2D eigenvalue weighted by Gasteiger charge is -2.10. The number of fused-ring (bicyclic) bond motifs is 1. The Morgan fingerprint density at radius 3 is 2.59 bits per heavy atom. The molecule has 0 aliphatic heterocycles. The van der Waals surface area contributed by atoms with Crippen molar-refractivity contribution < 1.29 is 18.0 Å². The van der Waals surface area contributed by atoms with Crippen molar-refractivity contribution in [1.29, 1.82) is 0 Å². The minimum absolute atomic E-state index is 0.00797. The molecule has 1 aliphatic carbocycles. The van der Waals surface area contributed by atoms with Gasteiger partial charge in [0.1, 0.15) is 0 Å². The van der Waals surface area contributed by atoms with Gasteiger partial charge >= 0.3 is 6.18 Å². The summed E-state index contributed by atoms with van der Waals surface area (Å²) in [6, 6.07) is 6.60. The van der Waals surface area contributed by atoms with E-state index in [0.29, 0.717) is 17.7 Å². The highest BCUT2D eigenvalue weighted by Gasteiger charge is 2.30. The van der Waals surface area contributed by atoms with Crippen molar-refractivity contribution in [3.8, 4) is 10.4 Å². The quantitative estimate of drug-likeness (QED) is 0.667. The van der Waals surface area contributed by atoms with Gasteiger partial charge < -0.3 is 5.32 Å². The highest BCUT2D eigenvalue weighted by atomic mass is 32.1. The number of hydrogen-bond donors (Lipinski definition) is 1. The Hall–Kier alpha value is -3.00. The Balaban J connectivity index is 1.47. The topological polar surface area (TPSA) is 54.9 Å². The van der Waals surface area contributed by atoms with Crippen molar-refractivity contribution in [2.24, 2.45) is 0 Å². The highest BCUT2D eigenvalue weighted by Crippen LogP contribution is 2.32. The van der Waals surface area contributed by atoms with Gasteiger partial charge in [-0.1, -0.05) is 18.2 Å². The second kappa shape index (κ2) is 7.44. The van der Waals surface area contributed by atoms with E-state index in [1.165, 1.54) is 12.1 Å². The van der Waals surface area contributed by atoms with Gasteiger partial charge in [0.25, 0.3) is 0 Å². The summed E-state index contributed by atoms with van der Waals surface area (Å²) < 4.78 is 38.0. The molecule has 148 valence electrons. The van der Waals surface area contributed by atoms with Crippen molar-refractivity contribution in [2.45, 2.75) is 25.9 Å². The maximum Gasteiger partial charge on any atom is 0.416 e.